The number of nitrogens with one attached hydrogen (secondary N) is 2. The highest BCUT2D eigenvalue weighted by Crippen LogP contribution is 2.41. The summed E-state index contributed by atoms with van der Waals surface area (Å²) in [6.07, 6.45) is 3.10. The van der Waals surface area contributed by atoms with Crippen molar-refractivity contribution >= 4 is 28.9 Å². The summed E-state index contributed by atoms with van der Waals surface area (Å²) in [7, 11) is 0. The fourth-order valence-corrected chi connectivity index (χ4v) is 6.04. The quantitative estimate of drug-likeness (QED) is 0.355. The topological polar surface area (TPSA) is 74.7 Å². The first kappa shape index (κ1) is 28.2. The van der Waals surface area contributed by atoms with E-state index in [1.807, 2.05) is 18.2 Å². The highest BCUT2D eigenvalue weighted by molar-refractivity contribution is 7.80. The number of anilines is 1. The Morgan fingerprint density at radius 1 is 1.12 bits per heavy atom. The third kappa shape index (κ3) is 6.51. The SMILES string of the molecule is Cc1cc(C2C(c3ccccn3)NC(=S)N2CCC(=O)Nc2ccc(F)cc2)c(C)n1CCCN1CCOCC1. The predicted molar refractivity (Wildman–Crippen MR) is 158 cm³/mol. The Bertz CT molecular complexity index is 1310. The summed E-state index contributed by atoms with van der Waals surface area (Å²) < 4.78 is 21.1. The molecule has 40 heavy (non-hydrogen) atoms. The van der Waals surface area contributed by atoms with Gasteiger partial charge in [-0.05, 0) is 80.5 Å². The number of carbonyl (C=O) groups is 1. The maximum Gasteiger partial charge on any atom is 0.226 e. The number of ether oxygens (including phenoxy) is 1. The fourth-order valence-electron chi connectivity index (χ4n) is 5.71. The number of rotatable bonds is 10. The van der Waals surface area contributed by atoms with E-state index in [0.29, 0.717) is 17.3 Å². The Hall–Kier alpha value is -3.34. The minimum Gasteiger partial charge on any atom is -0.379 e. The zero-order chi connectivity index (χ0) is 28.1. The molecule has 0 aliphatic carbocycles. The maximum atomic E-state index is 13.3. The molecule has 1 amide bonds. The minimum absolute atomic E-state index is 0.111. The van der Waals surface area contributed by atoms with Crippen LogP contribution in [0.2, 0.25) is 0 Å². The van der Waals surface area contributed by atoms with Crippen LogP contribution in [0.25, 0.3) is 0 Å². The van der Waals surface area contributed by atoms with E-state index in [-0.39, 0.29) is 30.2 Å². The van der Waals surface area contributed by atoms with Crippen molar-refractivity contribution in [1.82, 2.24) is 24.7 Å². The van der Waals surface area contributed by atoms with E-state index in [9.17, 15) is 9.18 Å². The van der Waals surface area contributed by atoms with Gasteiger partial charge in [-0.15, -0.1) is 0 Å². The van der Waals surface area contributed by atoms with Gasteiger partial charge < -0.3 is 24.8 Å². The molecule has 2 N–H and O–H groups in total. The molecule has 2 aromatic heterocycles. The summed E-state index contributed by atoms with van der Waals surface area (Å²) >= 11 is 5.81. The molecule has 2 aliphatic rings. The third-order valence-electron chi connectivity index (χ3n) is 7.80. The van der Waals surface area contributed by atoms with E-state index in [0.717, 1.165) is 51.5 Å². The van der Waals surface area contributed by atoms with Gasteiger partial charge in [0, 0.05) is 62.4 Å². The lowest BCUT2D eigenvalue weighted by molar-refractivity contribution is -0.116. The lowest BCUT2D eigenvalue weighted by atomic mass is 9.96. The van der Waals surface area contributed by atoms with E-state index in [2.05, 4.69) is 49.9 Å². The van der Waals surface area contributed by atoms with E-state index in [1.165, 1.54) is 29.1 Å². The summed E-state index contributed by atoms with van der Waals surface area (Å²) in [5.74, 6) is -0.489. The number of amides is 1. The van der Waals surface area contributed by atoms with Crippen molar-refractivity contribution in [3.63, 3.8) is 0 Å². The summed E-state index contributed by atoms with van der Waals surface area (Å²) in [4.78, 5) is 22.0. The van der Waals surface area contributed by atoms with Crippen molar-refractivity contribution in [2.45, 2.75) is 45.3 Å². The van der Waals surface area contributed by atoms with Gasteiger partial charge in [-0.1, -0.05) is 6.07 Å². The number of thiocarbonyl (C=S) groups is 1. The molecule has 4 heterocycles. The minimum atomic E-state index is -0.339. The molecule has 2 fully saturated rings. The van der Waals surface area contributed by atoms with Crippen molar-refractivity contribution in [2.75, 3.05) is 44.7 Å². The highest BCUT2D eigenvalue weighted by atomic mass is 32.1. The largest absolute Gasteiger partial charge is 0.379 e. The van der Waals surface area contributed by atoms with Gasteiger partial charge >= 0.3 is 0 Å². The van der Waals surface area contributed by atoms with Crippen LogP contribution in [0.3, 0.4) is 0 Å². The van der Waals surface area contributed by atoms with Crippen LogP contribution >= 0.6 is 12.2 Å². The second-order valence-corrected chi connectivity index (χ2v) is 10.8. The molecule has 0 spiro atoms. The molecular formula is C30H37FN6O2S. The van der Waals surface area contributed by atoms with Crippen LogP contribution in [-0.4, -0.2) is 69.8 Å². The van der Waals surface area contributed by atoms with Gasteiger partial charge in [-0.2, -0.15) is 0 Å². The van der Waals surface area contributed by atoms with E-state index in [1.54, 1.807) is 18.3 Å². The van der Waals surface area contributed by atoms with Crippen LogP contribution in [0.1, 0.15) is 47.6 Å². The normalized spacial score (nSPS) is 19.6. The van der Waals surface area contributed by atoms with Crippen LogP contribution in [0, 0.1) is 19.7 Å². The first-order chi connectivity index (χ1) is 19.4. The van der Waals surface area contributed by atoms with E-state index in [4.69, 9.17) is 17.0 Å². The van der Waals surface area contributed by atoms with Crippen molar-refractivity contribution in [2.24, 2.45) is 0 Å². The Morgan fingerprint density at radius 2 is 1.90 bits per heavy atom. The van der Waals surface area contributed by atoms with E-state index >= 15 is 0 Å². The van der Waals surface area contributed by atoms with Crippen LogP contribution in [0.5, 0.6) is 0 Å². The molecule has 212 valence electrons. The average Bonchev–Trinajstić information content (AvgIpc) is 3.44. The molecule has 2 aliphatic heterocycles. The second-order valence-electron chi connectivity index (χ2n) is 10.4. The summed E-state index contributed by atoms with van der Waals surface area (Å²) in [5, 5.41) is 6.94. The molecule has 8 nitrogen and oxygen atoms in total. The van der Waals surface area contributed by atoms with Gasteiger partial charge in [-0.3, -0.25) is 14.7 Å². The van der Waals surface area contributed by atoms with Gasteiger partial charge in [0.2, 0.25) is 5.91 Å². The van der Waals surface area contributed by atoms with Crippen molar-refractivity contribution in [3.05, 3.63) is 83.2 Å². The van der Waals surface area contributed by atoms with Crippen LogP contribution < -0.4 is 10.6 Å². The van der Waals surface area contributed by atoms with Gasteiger partial charge in [0.25, 0.3) is 0 Å². The number of halogens is 1. The summed E-state index contributed by atoms with van der Waals surface area (Å²) in [6.45, 7) is 10.4. The van der Waals surface area contributed by atoms with Crippen molar-refractivity contribution in [1.29, 1.82) is 0 Å². The summed E-state index contributed by atoms with van der Waals surface area (Å²) in [5.41, 5.74) is 5.08. The number of pyridine rings is 1. The van der Waals surface area contributed by atoms with Crippen LogP contribution in [0.15, 0.2) is 54.7 Å². The molecule has 3 aromatic rings. The number of hydrogen-bond acceptors (Lipinski definition) is 5. The lowest BCUT2D eigenvalue weighted by Gasteiger charge is -2.28. The molecular weight excluding hydrogens is 527 g/mol. The molecule has 0 radical (unpaired) electrons. The molecule has 0 bridgehead atoms. The number of morpholine rings is 1. The Balaban J connectivity index is 1.34. The molecule has 5 rings (SSSR count). The van der Waals surface area contributed by atoms with Gasteiger partial charge in [-0.25, -0.2) is 4.39 Å². The first-order valence-corrected chi connectivity index (χ1v) is 14.3. The molecule has 2 atom stereocenters. The van der Waals surface area contributed by atoms with Crippen molar-refractivity contribution in [3.8, 4) is 0 Å². The predicted octanol–water partition coefficient (Wildman–Crippen LogP) is 4.36. The average molecular weight is 565 g/mol. The molecule has 1 aromatic carbocycles. The standard InChI is InChI=1S/C30H37FN6O2S/c1-21-20-25(22(2)36(21)14-5-13-35-16-18-39-19-17-35)29-28(26-6-3-4-12-32-26)34-30(40)37(29)15-11-27(38)33-24-9-7-23(31)8-10-24/h3-4,6-10,12,20,28-29H,5,11,13-19H2,1-2H3,(H,33,38)(H,34,40). The lowest BCUT2D eigenvalue weighted by Crippen LogP contribution is -2.37. The van der Waals surface area contributed by atoms with Gasteiger partial charge in [0.05, 0.1) is 31.0 Å². The van der Waals surface area contributed by atoms with Crippen LogP contribution in [-0.2, 0) is 16.1 Å². The van der Waals surface area contributed by atoms with Gasteiger partial charge in [0.1, 0.15) is 5.82 Å². The molecule has 2 saturated heterocycles. The monoisotopic (exact) mass is 564 g/mol. The number of aromatic nitrogens is 2. The van der Waals surface area contributed by atoms with E-state index < -0.39 is 0 Å². The molecule has 10 heteroatoms. The smallest absolute Gasteiger partial charge is 0.226 e. The van der Waals surface area contributed by atoms with Crippen LogP contribution in [0.4, 0.5) is 10.1 Å². The zero-order valence-electron chi connectivity index (χ0n) is 23.1. The molecule has 2 unspecified atom stereocenters. The number of benzene rings is 1. The first-order valence-electron chi connectivity index (χ1n) is 13.9. The Kier molecular flexibility index (Phi) is 9.08. The molecule has 0 saturated carbocycles. The highest BCUT2D eigenvalue weighted by Gasteiger charge is 2.41. The maximum absolute atomic E-state index is 13.3. The second kappa shape index (κ2) is 12.9. The third-order valence-corrected chi connectivity index (χ3v) is 8.15. The Morgan fingerprint density at radius 3 is 2.62 bits per heavy atom. The zero-order valence-corrected chi connectivity index (χ0v) is 23.9. The number of nitrogens with zero attached hydrogens (tertiary/aromatic N) is 4. The summed E-state index contributed by atoms with van der Waals surface area (Å²) in [6, 6.07) is 13.7. The fraction of sp³-hybridized carbons (Fsp3) is 0.433. The van der Waals surface area contributed by atoms with Crippen molar-refractivity contribution < 1.29 is 13.9 Å². The number of hydrogen-bond donors (Lipinski definition) is 2. The van der Waals surface area contributed by atoms with Gasteiger partial charge in [0.15, 0.2) is 5.11 Å². The number of aryl methyl sites for hydroxylation is 1. The number of carbonyl (C=O) groups excluding carboxylic acids is 1. The Labute approximate surface area is 240 Å².